The van der Waals surface area contributed by atoms with Gasteiger partial charge in [-0.25, -0.2) is 15.0 Å². The van der Waals surface area contributed by atoms with Gasteiger partial charge >= 0.3 is 0 Å². The second-order valence-electron chi connectivity index (χ2n) is 5.22. The molecule has 0 aromatic carbocycles. The topological polar surface area (TPSA) is 72.7 Å². The van der Waals surface area contributed by atoms with Crippen LogP contribution in [0.1, 0.15) is 38.3 Å². The summed E-state index contributed by atoms with van der Waals surface area (Å²) in [5, 5.41) is 3.13. The van der Waals surface area contributed by atoms with E-state index in [0.717, 1.165) is 0 Å². The number of aryl methyl sites for hydroxylation is 1. The second-order valence-corrected chi connectivity index (χ2v) is 5.58. The van der Waals surface area contributed by atoms with Crippen LogP contribution in [0.3, 0.4) is 0 Å². The van der Waals surface area contributed by atoms with Gasteiger partial charge in [-0.1, -0.05) is 11.6 Å². The molecule has 0 saturated carbocycles. The predicted octanol–water partition coefficient (Wildman–Crippen LogP) is 2.03. The Morgan fingerprint density at radius 1 is 1.42 bits per heavy atom. The summed E-state index contributed by atoms with van der Waals surface area (Å²) in [7, 11) is 0. The van der Waals surface area contributed by atoms with E-state index in [1.54, 1.807) is 4.57 Å². The highest BCUT2D eigenvalue weighted by Crippen LogP contribution is 2.20. The number of carbonyl (C=O) groups excluding carboxylic acids is 1. The minimum absolute atomic E-state index is 0.247. The summed E-state index contributed by atoms with van der Waals surface area (Å²) in [6.07, 6.45) is 1.37. The molecule has 1 N–H and O–H groups in total. The molecule has 0 bridgehead atoms. The number of nitrogens with one attached hydrogen (secondary N) is 1. The molecule has 0 radical (unpaired) electrons. The summed E-state index contributed by atoms with van der Waals surface area (Å²) in [6.45, 7) is 8.24. The Hall–Kier alpha value is -1.69. The maximum Gasteiger partial charge on any atom is 0.287 e. The lowest BCUT2D eigenvalue weighted by molar-refractivity contribution is 0.0905. The van der Waals surface area contributed by atoms with Crippen molar-refractivity contribution in [1.29, 1.82) is 0 Å². The Kier molecular flexibility index (Phi) is 3.45. The van der Waals surface area contributed by atoms with Crippen LogP contribution in [0, 0.1) is 0 Å². The van der Waals surface area contributed by atoms with Crippen LogP contribution >= 0.6 is 11.6 Å². The molecule has 1 amide bonds. The van der Waals surface area contributed by atoms with Gasteiger partial charge in [-0.3, -0.25) is 4.79 Å². The number of amides is 1. The van der Waals surface area contributed by atoms with Gasteiger partial charge in [-0.2, -0.15) is 0 Å². The fraction of sp³-hybridized carbons (Fsp3) is 0.500. The minimum atomic E-state index is -0.330. The van der Waals surface area contributed by atoms with Crippen molar-refractivity contribution in [3.05, 3.63) is 17.3 Å². The summed E-state index contributed by atoms with van der Waals surface area (Å²) in [5.74, 6) is 0.0539. The van der Waals surface area contributed by atoms with Crippen molar-refractivity contribution in [3.63, 3.8) is 0 Å². The number of hydrogen-bond donors (Lipinski definition) is 1. The maximum atomic E-state index is 12.2. The van der Waals surface area contributed by atoms with Crippen molar-refractivity contribution >= 4 is 28.7 Å². The standard InChI is InChI=1S/C12H16ClN5O/c1-5-18-9-7(8(13)14-6-15-9)16-10(18)11(19)17-12(2,3)4/h6H,5H2,1-4H3,(H,17,19). The molecule has 0 unspecified atom stereocenters. The molecule has 2 heterocycles. The molecular weight excluding hydrogens is 266 g/mol. The average Bonchev–Trinajstić information content (AvgIpc) is 2.66. The molecule has 19 heavy (non-hydrogen) atoms. The first-order valence-corrected chi connectivity index (χ1v) is 6.40. The van der Waals surface area contributed by atoms with Gasteiger partial charge in [-0.05, 0) is 27.7 Å². The third-order valence-corrected chi connectivity index (χ3v) is 2.77. The lowest BCUT2D eigenvalue weighted by Crippen LogP contribution is -2.41. The molecule has 2 aromatic rings. The van der Waals surface area contributed by atoms with Crippen molar-refractivity contribution < 1.29 is 4.79 Å². The van der Waals surface area contributed by atoms with Gasteiger partial charge in [0.05, 0.1) is 0 Å². The van der Waals surface area contributed by atoms with Crippen LogP contribution in [0.25, 0.3) is 11.2 Å². The van der Waals surface area contributed by atoms with Gasteiger partial charge < -0.3 is 9.88 Å². The van der Waals surface area contributed by atoms with E-state index in [1.165, 1.54) is 6.33 Å². The van der Waals surface area contributed by atoms with E-state index in [1.807, 2.05) is 27.7 Å². The summed E-state index contributed by atoms with van der Waals surface area (Å²) < 4.78 is 1.73. The molecule has 0 aliphatic heterocycles. The molecule has 0 aliphatic rings. The SMILES string of the molecule is CCn1c(C(=O)NC(C)(C)C)nc2c(Cl)ncnc21. The maximum absolute atomic E-state index is 12.2. The van der Waals surface area contributed by atoms with Crippen LogP contribution in [-0.4, -0.2) is 31.0 Å². The quantitative estimate of drug-likeness (QED) is 0.855. The van der Waals surface area contributed by atoms with Crippen molar-refractivity contribution in [2.24, 2.45) is 0 Å². The first kappa shape index (κ1) is 13.7. The summed E-state index contributed by atoms with van der Waals surface area (Å²) in [4.78, 5) is 24.5. The van der Waals surface area contributed by atoms with E-state index in [0.29, 0.717) is 23.5 Å². The zero-order valence-corrected chi connectivity index (χ0v) is 12.1. The lowest BCUT2D eigenvalue weighted by Gasteiger charge is -2.20. The average molecular weight is 282 g/mol. The molecule has 102 valence electrons. The van der Waals surface area contributed by atoms with E-state index < -0.39 is 0 Å². The second kappa shape index (κ2) is 4.77. The molecule has 0 aliphatic carbocycles. The van der Waals surface area contributed by atoms with Crippen molar-refractivity contribution in [1.82, 2.24) is 24.8 Å². The highest BCUT2D eigenvalue weighted by atomic mass is 35.5. The summed E-state index contributed by atoms with van der Waals surface area (Å²) in [6, 6.07) is 0. The summed E-state index contributed by atoms with van der Waals surface area (Å²) in [5.41, 5.74) is 0.690. The number of hydrogen-bond acceptors (Lipinski definition) is 4. The van der Waals surface area contributed by atoms with E-state index in [4.69, 9.17) is 11.6 Å². The number of aromatic nitrogens is 4. The third-order valence-electron chi connectivity index (χ3n) is 2.50. The molecule has 0 fully saturated rings. The highest BCUT2D eigenvalue weighted by molar-refractivity contribution is 6.33. The van der Waals surface area contributed by atoms with Gasteiger partial charge in [0.15, 0.2) is 10.8 Å². The van der Waals surface area contributed by atoms with E-state index >= 15 is 0 Å². The number of rotatable bonds is 2. The largest absolute Gasteiger partial charge is 0.345 e. The zero-order valence-electron chi connectivity index (χ0n) is 11.4. The van der Waals surface area contributed by atoms with Gasteiger partial charge in [0.2, 0.25) is 5.82 Å². The minimum Gasteiger partial charge on any atom is -0.345 e. The lowest BCUT2D eigenvalue weighted by atomic mass is 10.1. The van der Waals surface area contributed by atoms with E-state index in [-0.39, 0.29) is 16.6 Å². The summed E-state index contributed by atoms with van der Waals surface area (Å²) >= 11 is 5.98. The molecule has 2 rings (SSSR count). The molecule has 7 heteroatoms. The van der Waals surface area contributed by atoms with Crippen molar-refractivity contribution in [3.8, 4) is 0 Å². The van der Waals surface area contributed by atoms with Crippen LogP contribution in [0.5, 0.6) is 0 Å². The molecule has 0 saturated heterocycles. The first-order valence-electron chi connectivity index (χ1n) is 6.02. The zero-order chi connectivity index (χ0) is 14.2. The van der Waals surface area contributed by atoms with Gasteiger partial charge in [0, 0.05) is 12.1 Å². The van der Waals surface area contributed by atoms with Crippen LogP contribution in [-0.2, 0) is 6.54 Å². The van der Waals surface area contributed by atoms with Crippen LogP contribution in [0.2, 0.25) is 5.15 Å². The number of fused-ring (bicyclic) bond motifs is 1. The van der Waals surface area contributed by atoms with Gasteiger partial charge in [0.25, 0.3) is 5.91 Å². The van der Waals surface area contributed by atoms with Crippen LogP contribution in [0.4, 0.5) is 0 Å². The Morgan fingerprint density at radius 3 is 2.68 bits per heavy atom. The molecular formula is C12H16ClN5O. The van der Waals surface area contributed by atoms with Crippen molar-refractivity contribution in [2.75, 3.05) is 0 Å². The number of imidazole rings is 1. The normalized spacial score (nSPS) is 11.8. The predicted molar refractivity (Wildman–Crippen MR) is 73.2 cm³/mol. The van der Waals surface area contributed by atoms with Crippen LogP contribution < -0.4 is 5.32 Å². The molecule has 6 nitrogen and oxygen atoms in total. The highest BCUT2D eigenvalue weighted by Gasteiger charge is 2.22. The molecule has 0 atom stereocenters. The fourth-order valence-corrected chi connectivity index (χ4v) is 1.95. The van der Waals surface area contributed by atoms with E-state index in [2.05, 4.69) is 20.3 Å². The third kappa shape index (κ3) is 2.68. The van der Waals surface area contributed by atoms with E-state index in [9.17, 15) is 4.79 Å². The Balaban J connectivity index is 2.54. The number of carbonyl (C=O) groups is 1. The Morgan fingerprint density at radius 2 is 2.11 bits per heavy atom. The van der Waals surface area contributed by atoms with Crippen LogP contribution in [0.15, 0.2) is 6.33 Å². The monoisotopic (exact) mass is 281 g/mol. The van der Waals surface area contributed by atoms with Gasteiger partial charge in [-0.15, -0.1) is 0 Å². The Labute approximate surface area is 116 Å². The smallest absolute Gasteiger partial charge is 0.287 e. The van der Waals surface area contributed by atoms with Crippen molar-refractivity contribution in [2.45, 2.75) is 39.8 Å². The fourth-order valence-electron chi connectivity index (χ4n) is 1.78. The molecule has 2 aromatic heterocycles. The van der Waals surface area contributed by atoms with Gasteiger partial charge in [0.1, 0.15) is 11.8 Å². The Bertz CT molecular complexity index is 629. The first-order chi connectivity index (χ1) is 8.83. The number of halogens is 1. The molecule has 0 spiro atoms. The number of nitrogens with zero attached hydrogens (tertiary/aromatic N) is 4.